The normalized spacial score (nSPS) is 11.5. The molecule has 0 spiro atoms. The van der Waals surface area contributed by atoms with Crippen molar-refractivity contribution in [3.05, 3.63) is 66.0 Å². The molecule has 3 aromatic rings. The second kappa shape index (κ2) is 6.13. The van der Waals surface area contributed by atoms with Crippen molar-refractivity contribution in [1.82, 2.24) is 8.96 Å². The van der Waals surface area contributed by atoms with Crippen LogP contribution in [0.4, 0.5) is 0 Å². The summed E-state index contributed by atoms with van der Waals surface area (Å²) in [5.74, 6) is 0.697. The van der Waals surface area contributed by atoms with Gasteiger partial charge in [-0.15, -0.1) is 0 Å². The zero-order valence-corrected chi connectivity index (χ0v) is 14.5. The third-order valence-corrected chi connectivity index (χ3v) is 5.35. The van der Waals surface area contributed by atoms with Crippen LogP contribution in [0.5, 0.6) is 5.75 Å². The molecule has 0 aliphatic rings. The summed E-state index contributed by atoms with van der Waals surface area (Å²) in [5, 5.41) is 0. The van der Waals surface area contributed by atoms with E-state index in [4.69, 9.17) is 4.74 Å². The molecule has 0 saturated carbocycles. The van der Waals surface area contributed by atoms with Gasteiger partial charge in [-0.3, -0.25) is 0 Å². The molecule has 0 atom stereocenters. The number of hydrogen-bond acceptors (Lipinski definition) is 4. The number of aromatic nitrogens is 2. The van der Waals surface area contributed by atoms with Gasteiger partial charge in [-0.25, -0.2) is 17.4 Å². The van der Waals surface area contributed by atoms with E-state index in [1.54, 1.807) is 19.1 Å². The maximum Gasteiger partial charge on any atom is 0.273 e. The Balaban J connectivity index is 2.25. The molecular formula is C18H18N2O3S. The minimum absolute atomic E-state index is 0.125. The van der Waals surface area contributed by atoms with Crippen LogP contribution in [0.25, 0.3) is 11.4 Å². The molecule has 0 aliphatic carbocycles. The fourth-order valence-corrected chi connectivity index (χ4v) is 4.15. The molecule has 0 amide bonds. The SMILES string of the molecule is COc1ccc(C)cc1S(=O)(=O)n1cc(C)nc1-c1ccccc1. The van der Waals surface area contributed by atoms with Gasteiger partial charge in [-0.05, 0) is 31.5 Å². The van der Waals surface area contributed by atoms with Gasteiger partial charge in [0.15, 0.2) is 5.82 Å². The topological polar surface area (TPSA) is 61.2 Å². The van der Waals surface area contributed by atoms with Crippen molar-refractivity contribution in [1.29, 1.82) is 0 Å². The standard InChI is InChI=1S/C18H18N2O3S/c1-13-9-10-16(23-3)17(11-13)24(21,22)20-12-14(2)19-18(20)15-7-5-4-6-8-15/h4-12H,1-3H3. The van der Waals surface area contributed by atoms with E-state index >= 15 is 0 Å². The molecule has 0 aliphatic heterocycles. The first-order valence-electron chi connectivity index (χ1n) is 7.45. The van der Waals surface area contributed by atoms with E-state index in [0.717, 1.165) is 11.1 Å². The van der Waals surface area contributed by atoms with Crippen LogP contribution >= 0.6 is 0 Å². The Morgan fingerprint density at radius 3 is 2.42 bits per heavy atom. The van der Waals surface area contributed by atoms with Gasteiger partial charge in [0.1, 0.15) is 10.6 Å². The molecule has 3 rings (SSSR count). The zero-order chi connectivity index (χ0) is 17.3. The number of nitrogens with zero attached hydrogens (tertiary/aromatic N) is 2. The Morgan fingerprint density at radius 2 is 1.75 bits per heavy atom. The summed E-state index contributed by atoms with van der Waals surface area (Å²) < 4.78 is 32.9. The molecule has 0 unspecified atom stereocenters. The van der Waals surface area contributed by atoms with Crippen LogP contribution in [0, 0.1) is 13.8 Å². The molecular weight excluding hydrogens is 324 g/mol. The fraction of sp³-hybridized carbons (Fsp3) is 0.167. The second-order valence-electron chi connectivity index (χ2n) is 5.53. The average Bonchev–Trinajstić information content (AvgIpc) is 2.98. The molecule has 0 radical (unpaired) electrons. The lowest BCUT2D eigenvalue weighted by Gasteiger charge is -2.13. The number of rotatable bonds is 4. The lowest BCUT2D eigenvalue weighted by molar-refractivity contribution is 0.402. The minimum atomic E-state index is -3.83. The number of benzene rings is 2. The summed E-state index contributed by atoms with van der Waals surface area (Å²) in [6.45, 7) is 3.61. The van der Waals surface area contributed by atoms with E-state index in [0.29, 0.717) is 17.3 Å². The van der Waals surface area contributed by atoms with E-state index in [1.165, 1.54) is 17.3 Å². The van der Waals surface area contributed by atoms with Gasteiger partial charge >= 0.3 is 0 Å². The van der Waals surface area contributed by atoms with Crippen molar-refractivity contribution < 1.29 is 13.2 Å². The number of methoxy groups -OCH3 is 1. The molecule has 1 heterocycles. The van der Waals surface area contributed by atoms with Crippen LogP contribution in [-0.2, 0) is 10.0 Å². The molecule has 6 heteroatoms. The van der Waals surface area contributed by atoms with E-state index in [1.807, 2.05) is 43.3 Å². The Hall–Kier alpha value is -2.60. The monoisotopic (exact) mass is 342 g/mol. The van der Waals surface area contributed by atoms with Gasteiger partial charge < -0.3 is 4.74 Å². The first-order valence-corrected chi connectivity index (χ1v) is 8.89. The predicted octanol–water partition coefficient (Wildman–Crippen LogP) is 3.41. The number of aryl methyl sites for hydroxylation is 2. The number of ether oxygens (including phenoxy) is 1. The highest BCUT2D eigenvalue weighted by Gasteiger charge is 2.25. The molecule has 2 aromatic carbocycles. The lowest BCUT2D eigenvalue weighted by atomic mass is 10.2. The highest BCUT2D eigenvalue weighted by atomic mass is 32.2. The van der Waals surface area contributed by atoms with Crippen LogP contribution in [0.3, 0.4) is 0 Å². The first-order chi connectivity index (χ1) is 11.4. The maximum atomic E-state index is 13.2. The Kier molecular flexibility index (Phi) is 4.15. The maximum absolute atomic E-state index is 13.2. The number of hydrogen-bond donors (Lipinski definition) is 0. The van der Waals surface area contributed by atoms with E-state index in [9.17, 15) is 8.42 Å². The zero-order valence-electron chi connectivity index (χ0n) is 13.7. The highest BCUT2D eigenvalue weighted by Crippen LogP contribution is 2.30. The largest absolute Gasteiger partial charge is 0.495 e. The summed E-state index contributed by atoms with van der Waals surface area (Å²) in [5.41, 5.74) is 2.21. The highest BCUT2D eigenvalue weighted by molar-refractivity contribution is 7.90. The van der Waals surface area contributed by atoms with E-state index in [2.05, 4.69) is 4.98 Å². The van der Waals surface area contributed by atoms with Gasteiger partial charge in [-0.2, -0.15) is 0 Å². The van der Waals surface area contributed by atoms with Crippen LogP contribution < -0.4 is 4.74 Å². The van der Waals surface area contributed by atoms with Crippen LogP contribution in [0.2, 0.25) is 0 Å². The molecule has 0 saturated heterocycles. The minimum Gasteiger partial charge on any atom is -0.495 e. The summed E-state index contributed by atoms with van der Waals surface area (Å²) in [4.78, 5) is 4.52. The summed E-state index contributed by atoms with van der Waals surface area (Å²) in [6.07, 6.45) is 1.53. The third kappa shape index (κ3) is 2.80. The molecule has 124 valence electrons. The summed E-state index contributed by atoms with van der Waals surface area (Å²) in [6, 6.07) is 14.3. The number of imidazole rings is 1. The second-order valence-corrected chi connectivity index (χ2v) is 7.31. The van der Waals surface area contributed by atoms with Crippen LogP contribution in [0.15, 0.2) is 59.6 Å². The van der Waals surface area contributed by atoms with Crippen molar-refractivity contribution in [3.8, 4) is 17.1 Å². The quantitative estimate of drug-likeness (QED) is 0.729. The molecule has 5 nitrogen and oxygen atoms in total. The van der Waals surface area contributed by atoms with Gasteiger partial charge in [0.25, 0.3) is 10.0 Å². The van der Waals surface area contributed by atoms with E-state index in [-0.39, 0.29) is 4.90 Å². The predicted molar refractivity (Wildman–Crippen MR) is 92.7 cm³/mol. The molecule has 1 aromatic heterocycles. The third-order valence-electron chi connectivity index (χ3n) is 3.68. The lowest BCUT2D eigenvalue weighted by Crippen LogP contribution is -2.15. The fourth-order valence-electron chi connectivity index (χ4n) is 2.53. The molecule has 0 fully saturated rings. The average molecular weight is 342 g/mol. The van der Waals surface area contributed by atoms with Gasteiger partial charge in [-0.1, -0.05) is 36.4 Å². The molecule has 24 heavy (non-hydrogen) atoms. The molecule has 0 bridgehead atoms. The van der Waals surface area contributed by atoms with Crippen molar-refractivity contribution in [2.45, 2.75) is 18.7 Å². The first kappa shape index (κ1) is 16.3. The van der Waals surface area contributed by atoms with Gasteiger partial charge in [0.2, 0.25) is 0 Å². The van der Waals surface area contributed by atoms with Crippen LogP contribution in [-0.4, -0.2) is 24.5 Å². The Bertz CT molecular complexity index is 977. The molecule has 0 N–H and O–H groups in total. The van der Waals surface area contributed by atoms with Crippen LogP contribution in [0.1, 0.15) is 11.3 Å². The van der Waals surface area contributed by atoms with Gasteiger partial charge in [0.05, 0.1) is 12.8 Å². The van der Waals surface area contributed by atoms with E-state index < -0.39 is 10.0 Å². The van der Waals surface area contributed by atoms with Crippen molar-refractivity contribution >= 4 is 10.0 Å². The smallest absolute Gasteiger partial charge is 0.273 e. The van der Waals surface area contributed by atoms with Crippen molar-refractivity contribution in [2.24, 2.45) is 0 Å². The van der Waals surface area contributed by atoms with Crippen molar-refractivity contribution in [2.75, 3.05) is 7.11 Å². The van der Waals surface area contributed by atoms with Crippen molar-refractivity contribution in [3.63, 3.8) is 0 Å². The van der Waals surface area contributed by atoms with Gasteiger partial charge in [0, 0.05) is 11.8 Å². The Labute approximate surface area is 141 Å². The Morgan fingerprint density at radius 1 is 1.04 bits per heavy atom. The summed E-state index contributed by atoms with van der Waals surface area (Å²) in [7, 11) is -2.37. The summed E-state index contributed by atoms with van der Waals surface area (Å²) >= 11 is 0.